The first kappa shape index (κ1) is 30.6. The fraction of sp³-hybridized carbons (Fsp3) is 0.400. The zero-order chi connectivity index (χ0) is 30.4. The number of benzene rings is 1. The van der Waals surface area contributed by atoms with E-state index in [1.807, 2.05) is 26.0 Å². The number of carbonyl (C=O) groups is 3. The number of thiophene rings is 1. The lowest BCUT2D eigenvalue weighted by Crippen LogP contribution is -2.50. The van der Waals surface area contributed by atoms with Crippen LogP contribution in [0.25, 0.3) is 0 Å². The van der Waals surface area contributed by atoms with Crippen molar-refractivity contribution in [2.45, 2.75) is 58.5 Å². The molecular weight excluding hydrogens is 554 g/mol. The van der Waals surface area contributed by atoms with Gasteiger partial charge in [0, 0.05) is 30.4 Å². The first-order valence-electron chi connectivity index (χ1n) is 13.9. The molecule has 0 bridgehead atoms. The molecule has 0 spiro atoms. The minimum Gasteiger partial charge on any atom is -0.464 e. The highest BCUT2D eigenvalue weighted by molar-refractivity contribution is 7.12. The molecule has 1 fully saturated rings. The second-order valence-electron chi connectivity index (χ2n) is 10.8. The number of hydrogen-bond donors (Lipinski definition) is 5. The molecule has 222 valence electrons. The minimum atomic E-state index is -1.37. The van der Waals surface area contributed by atoms with Crippen LogP contribution in [-0.2, 0) is 16.0 Å². The molecule has 42 heavy (non-hydrogen) atoms. The summed E-state index contributed by atoms with van der Waals surface area (Å²) in [6, 6.07) is 8.48. The van der Waals surface area contributed by atoms with Gasteiger partial charge in [0.25, 0.3) is 11.8 Å². The van der Waals surface area contributed by atoms with Crippen molar-refractivity contribution in [2.75, 3.05) is 24.2 Å². The van der Waals surface area contributed by atoms with Gasteiger partial charge in [-0.25, -0.2) is 14.8 Å². The molecule has 1 saturated carbocycles. The third-order valence-electron chi connectivity index (χ3n) is 7.04. The number of nitrogens with one attached hydrogen (secondary N) is 4. The molecule has 0 radical (unpaired) electrons. The second kappa shape index (κ2) is 13.1. The Labute approximate surface area is 249 Å². The van der Waals surface area contributed by atoms with Crippen LogP contribution in [0.2, 0.25) is 0 Å². The predicted molar refractivity (Wildman–Crippen MR) is 163 cm³/mol. The number of aromatic nitrogens is 2. The number of esters is 1. The summed E-state index contributed by atoms with van der Waals surface area (Å²) >= 11 is 1.30. The van der Waals surface area contributed by atoms with Gasteiger partial charge in [-0.15, -0.1) is 11.3 Å². The third kappa shape index (κ3) is 6.93. The molecular formula is C30H37N7O4S. The monoisotopic (exact) mass is 591 g/mol. The molecule has 2 aromatic heterocycles. The molecule has 1 aromatic carbocycles. The Kier molecular flexibility index (Phi) is 9.56. The highest BCUT2D eigenvalue weighted by Crippen LogP contribution is 2.38. The van der Waals surface area contributed by atoms with E-state index >= 15 is 0 Å². The second-order valence-corrected chi connectivity index (χ2v) is 11.8. The maximum atomic E-state index is 13.5. The summed E-state index contributed by atoms with van der Waals surface area (Å²) in [6.45, 7) is 8.05. The smallest absolute Gasteiger partial charge is 0.334 e. The van der Waals surface area contributed by atoms with Crippen molar-refractivity contribution in [3.8, 4) is 0 Å². The standard InChI is InChI=1S/C30H37N7O4S/c1-17(2)16-41-28(40)30(14-24(30)36-26(38)23-11-7-13-42-23)37-27(39)25-18(3)34-29(35-19(25)4)33-12-6-9-20-8-5-10-22(32)21(20)15-31/h5,7-8,10-11,13,15,17,24,31H,6,9,12,14,16,32H2,1-4H3,(H,36,38)(H,37,39)(H,33,34,35)/t24-,30?/m1/s1. The number of nitrogens with two attached hydrogens (primary N) is 1. The largest absolute Gasteiger partial charge is 0.464 e. The van der Waals surface area contributed by atoms with E-state index < -0.39 is 23.5 Å². The molecule has 6 N–H and O–H groups in total. The fourth-order valence-electron chi connectivity index (χ4n) is 4.76. The summed E-state index contributed by atoms with van der Waals surface area (Å²) in [5.74, 6) is -0.895. The number of nitrogens with zero attached hydrogens (tertiary/aromatic N) is 2. The zero-order valence-corrected chi connectivity index (χ0v) is 25.1. The van der Waals surface area contributed by atoms with Crippen LogP contribution in [0.3, 0.4) is 0 Å². The van der Waals surface area contributed by atoms with Gasteiger partial charge >= 0.3 is 5.97 Å². The summed E-state index contributed by atoms with van der Waals surface area (Å²) in [5.41, 5.74) is 8.08. The third-order valence-corrected chi connectivity index (χ3v) is 7.91. The molecule has 1 unspecified atom stereocenters. The van der Waals surface area contributed by atoms with Crippen molar-refractivity contribution in [2.24, 2.45) is 5.92 Å². The lowest BCUT2D eigenvalue weighted by molar-refractivity contribution is -0.148. The average Bonchev–Trinajstić information content (AvgIpc) is 3.33. The van der Waals surface area contributed by atoms with Crippen molar-refractivity contribution in [3.63, 3.8) is 0 Å². The van der Waals surface area contributed by atoms with E-state index in [0.29, 0.717) is 34.4 Å². The van der Waals surface area contributed by atoms with E-state index in [1.165, 1.54) is 17.6 Å². The van der Waals surface area contributed by atoms with E-state index in [1.54, 1.807) is 37.4 Å². The first-order chi connectivity index (χ1) is 20.1. The number of ether oxygens (including phenoxy) is 1. The van der Waals surface area contributed by atoms with Crippen molar-refractivity contribution < 1.29 is 19.1 Å². The Morgan fingerprint density at radius 3 is 2.55 bits per heavy atom. The van der Waals surface area contributed by atoms with Gasteiger partial charge in [-0.1, -0.05) is 32.0 Å². The number of anilines is 2. The van der Waals surface area contributed by atoms with Gasteiger partial charge in [-0.05, 0) is 55.7 Å². The molecule has 11 nitrogen and oxygen atoms in total. The molecule has 1 aliphatic rings. The Hall–Kier alpha value is -4.32. The predicted octanol–water partition coefficient (Wildman–Crippen LogP) is 3.65. The van der Waals surface area contributed by atoms with E-state index in [-0.39, 0.29) is 30.4 Å². The number of nitrogen functional groups attached to an aromatic ring is 1. The van der Waals surface area contributed by atoms with Crippen LogP contribution in [0.15, 0.2) is 35.7 Å². The average molecular weight is 592 g/mol. The van der Waals surface area contributed by atoms with Gasteiger partial charge in [-0.2, -0.15) is 0 Å². The summed E-state index contributed by atoms with van der Waals surface area (Å²) in [6.07, 6.45) is 2.97. The molecule has 2 heterocycles. The Morgan fingerprint density at radius 2 is 1.90 bits per heavy atom. The lowest BCUT2D eigenvalue weighted by atomic mass is 10.0. The van der Waals surface area contributed by atoms with Crippen molar-refractivity contribution in [1.29, 1.82) is 5.41 Å². The molecule has 4 rings (SSSR count). The molecule has 1 aliphatic carbocycles. The summed E-state index contributed by atoms with van der Waals surface area (Å²) in [4.78, 5) is 48.8. The van der Waals surface area contributed by atoms with Crippen LogP contribution < -0.4 is 21.7 Å². The molecule has 12 heteroatoms. The maximum Gasteiger partial charge on any atom is 0.334 e. The van der Waals surface area contributed by atoms with Gasteiger partial charge in [0.2, 0.25) is 5.95 Å². The van der Waals surface area contributed by atoms with E-state index in [2.05, 4.69) is 25.9 Å². The van der Waals surface area contributed by atoms with Crippen LogP contribution in [-0.4, -0.2) is 58.7 Å². The normalized spacial score (nSPS) is 17.4. The Balaban J connectivity index is 1.42. The minimum absolute atomic E-state index is 0.112. The fourth-order valence-corrected chi connectivity index (χ4v) is 5.38. The van der Waals surface area contributed by atoms with Gasteiger partial charge in [-0.3, -0.25) is 9.59 Å². The number of rotatable bonds is 13. The molecule has 0 aliphatic heterocycles. The highest BCUT2D eigenvalue weighted by atomic mass is 32.1. The number of hydrogen-bond acceptors (Lipinski definition) is 10. The molecule has 2 amide bonds. The topological polar surface area (TPSA) is 172 Å². The maximum absolute atomic E-state index is 13.5. The van der Waals surface area contributed by atoms with E-state index in [4.69, 9.17) is 15.9 Å². The molecule has 0 saturated heterocycles. The van der Waals surface area contributed by atoms with Crippen LogP contribution in [0.1, 0.15) is 69.2 Å². The Bertz CT molecular complexity index is 1450. The number of amides is 2. The van der Waals surface area contributed by atoms with Gasteiger partial charge in [0.15, 0.2) is 5.54 Å². The van der Waals surface area contributed by atoms with Gasteiger partial charge < -0.3 is 31.8 Å². The number of carbonyl (C=O) groups excluding carboxylic acids is 3. The van der Waals surface area contributed by atoms with E-state index in [9.17, 15) is 14.4 Å². The van der Waals surface area contributed by atoms with Crippen molar-refractivity contribution in [3.05, 3.63) is 68.7 Å². The van der Waals surface area contributed by atoms with Crippen LogP contribution in [0, 0.1) is 25.2 Å². The Morgan fingerprint density at radius 1 is 1.17 bits per heavy atom. The molecule has 3 aromatic rings. The van der Waals surface area contributed by atoms with Gasteiger partial charge in [0.1, 0.15) is 0 Å². The highest BCUT2D eigenvalue weighted by Gasteiger charge is 2.63. The van der Waals surface area contributed by atoms with Crippen LogP contribution in [0.4, 0.5) is 11.6 Å². The summed E-state index contributed by atoms with van der Waals surface area (Å²) < 4.78 is 5.49. The van der Waals surface area contributed by atoms with Gasteiger partial charge in [0.05, 0.1) is 34.5 Å². The molecule has 2 atom stereocenters. The van der Waals surface area contributed by atoms with Crippen LogP contribution in [0.5, 0.6) is 0 Å². The van der Waals surface area contributed by atoms with Crippen molar-refractivity contribution >= 4 is 47.0 Å². The summed E-state index contributed by atoms with van der Waals surface area (Å²) in [5, 5.41) is 18.3. The zero-order valence-electron chi connectivity index (χ0n) is 24.2. The SMILES string of the molecule is Cc1nc(NCCCc2cccc(N)c2C=N)nc(C)c1C(=O)NC1(C(=O)OCC(C)C)C[C@H]1NC(=O)c1cccs1. The lowest BCUT2D eigenvalue weighted by Gasteiger charge is -2.20. The van der Waals surface area contributed by atoms with Crippen LogP contribution >= 0.6 is 11.3 Å². The van der Waals surface area contributed by atoms with E-state index in [0.717, 1.165) is 24.0 Å². The quantitative estimate of drug-likeness (QED) is 0.0867. The summed E-state index contributed by atoms with van der Waals surface area (Å²) in [7, 11) is 0. The number of aryl methyl sites for hydroxylation is 3. The van der Waals surface area contributed by atoms with Crippen molar-refractivity contribution in [1.82, 2.24) is 20.6 Å². The first-order valence-corrected chi connectivity index (χ1v) is 14.7.